The van der Waals surface area contributed by atoms with Crippen molar-refractivity contribution in [1.82, 2.24) is 4.90 Å². The molecule has 2 atom stereocenters. The Morgan fingerprint density at radius 1 is 1.25 bits per heavy atom. The fourth-order valence-electron chi connectivity index (χ4n) is 2.42. The average molecular weight is 275 g/mol. The summed E-state index contributed by atoms with van der Waals surface area (Å²) in [5.74, 6) is 0.685. The van der Waals surface area contributed by atoms with Crippen LogP contribution in [-0.2, 0) is 4.74 Å². The highest BCUT2D eigenvalue weighted by Gasteiger charge is 2.37. The fraction of sp³-hybridized carbons (Fsp3) is 0.588. The third-order valence-electron chi connectivity index (χ3n) is 3.88. The monoisotopic (exact) mass is 275 g/mol. The van der Waals surface area contributed by atoms with Crippen molar-refractivity contribution in [3.63, 3.8) is 0 Å². The van der Waals surface area contributed by atoms with Crippen LogP contribution in [0.2, 0.25) is 0 Å². The molecule has 1 heterocycles. The van der Waals surface area contributed by atoms with E-state index < -0.39 is 0 Å². The second-order valence-corrected chi connectivity index (χ2v) is 5.98. The summed E-state index contributed by atoms with van der Waals surface area (Å²) < 4.78 is 6.11. The summed E-state index contributed by atoms with van der Waals surface area (Å²) in [6.45, 7) is 9.28. The number of ether oxygens (including phenoxy) is 1. The fourth-order valence-corrected chi connectivity index (χ4v) is 2.42. The smallest absolute Gasteiger partial charge is 0.256 e. The van der Waals surface area contributed by atoms with Crippen LogP contribution < -0.4 is 0 Å². The zero-order chi connectivity index (χ0) is 14.7. The molecule has 110 valence electrons. The molecule has 3 nitrogen and oxygen atoms in total. The minimum atomic E-state index is -0.215. The number of hydrogen-bond donors (Lipinski definition) is 0. The van der Waals surface area contributed by atoms with Crippen molar-refractivity contribution in [2.45, 2.75) is 52.9 Å². The van der Waals surface area contributed by atoms with Crippen LogP contribution in [0.25, 0.3) is 0 Å². The predicted molar refractivity (Wildman–Crippen MR) is 80.5 cm³/mol. The molecular weight excluding hydrogens is 250 g/mol. The van der Waals surface area contributed by atoms with Crippen LogP contribution in [-0.4, -0.2) is 23.5 Å². The first-order valence-electron chi connectivity index (χ1n) is 7.60. The number of fused-ring (bicyclic) bond motifs is 1. The maximum absolute atomic E-state index is 12.5. The molecule has 0 N–H and O–H groups in total. The second-order valence-electron chi connectivity index (χ2n) is 5.98. The third kappa shape index (κ3) is 3.04. The molecule has 20 heavy (non-hydrogen) atoms. The van der Waals surface area contributed by atoms with Gasteiger partial charge < -0.3 is 9.64 Å². The molecule has 1 aliphatic rings. The lowest BCUT2D eigenvalue weighted by Gasteiger charge is -2.28. The SMILES string of the molecule is CCC(C)OC1c2ccccc2C(=O)N1CCC(C)C. The van der Waals surface area contributed by atoms with E-state index in [-0.39, 0.29) is 18.2 Å². The number of carbonyl (C=O) groups is 1. The highest BCUT2D eigenvalue weighted by Crippen LogP contribution is 2.35. The highest BCUT2D eigenvalue weighted by atomic mass is 16.5. The van der Waals surface area contributed by atoms with E-state index in [0.717, 1.165) is 30.5 Å². The van der Waals surface area contributed by atoms with E-state index >= 15 is 0 Å². The van der Waals surface area contributed by atoms with Gasteiger partial charge in [0.25, 0.3) is 5.91 Å². The highest BCUT2D eigenvalue weighted by molar-refractivity contribution is 5.98. The van der Waals surface area contributed by atoms with Crippen molar-refractivity contribution < 1.29 is 9.53 Å². The van der Waals surface area contributed by atoms with E-state index in [1.165, 1.54) is 0 Å². The quantitative estimate of drug-likeness (QED) is 0.785. The molecule has 0 aromatic heterocycles. The number of hydrogen-bond acceptors (Lipinski definition) is 2. The lowest BCUT2D eigenvalue weighted by atomic mass is 10.1. The molecule has 0 aliphatic carbocycles. The lowest BCUT2D eigenvalue weighted by molar-refractivity contribution is -0.0769. The van der Waals surface area contributed by atoms with Crippen LogP contribution in [0.4, 0.5) is 0 Å². The van der Waals surface area contributed by atoms with Crippen LogP contribution in [0.5, 0.6) is 0 Å². The van der Waals surface area contributed by atoms with Gasteiger partial charge in [-0.25, -0.2) is 0 Å². The van der Waals surface area contributed by atoms with Gasteiger partial charge in [0, 0.05) is 17.7 Å². The van der Waals surface area contributed by atoms with E-state index in [0.29, 0.717) is 5.92 Å². The molecular formula is C17H25NO2. The van der Waals surface area contributed by atoms with Gasteiger partial charge in [0.15, 0.2) is 6.23 Å². The molecule has 0 bridgehead atoms. The van der Waals surface area contributed by atoms with Gasteiger partial charge in [-0.05, 0) is 31.7 Å². The van der Waals surface area contributed by atoms with Crippen LogP contribution in [0, 0.1) is 5.92 Å². The van der Waals surface area contributed by atoms with Gasteiger partial charge in [-0.2, -0.15) is 0 Å². The number of carbonyl (C=O) groups excluding carboxylic acids is 1. The number of benzene rings is 1. The molecule has 0 spiro atoms. The predicted octanol–water partition coefficient (Wildman–Crippen LogP) is 4.00. The largest absolute Gasteiger partial charge is 0.351 e. The second kappa shape index (κ2) is 6.40. The van der Waals surface area contributed by atoms with E-state index in [4.69, 9.17) is 4.74 Å². The number of nitrogens with zero attached hydrogens (tertiary/aromatic N) is 1. The average Bonchev–Trinajstić information content (AvgIpc) is 2.70. The standard InChI is InChI=1S/C17H25NO2/c1-5-13(4)20-17-15-9-7-6-8-14(15)16(19)18(17)11-10-12(2)3/h6-9,12-13,17H,5,10-11H2,1-4H3. The van der Waals surface area contributed by atoms with Gasteiger partial charge in [0.05, 0.1) is 6.10 Å². The van der Waals surface area contributed by atoms with E-state index in [9.17, 15) is 4.79 Å². The Kier molecular flexibility index (Phi) is 4.81. The third-order valence-corrected chi connectivity index (χ3v) is 3.88. The van der Waals surface area contributed by atoms with Crippen molar-refractivity contribution in [1.29, 1.82) is 0 Å². The maximum atomic E-state index is 12.5. The van der Waals surface area contributed by atoms with Crippen LogP contribution >= 0.6 is 0 Å². The molecule has 1 amide bonds. The molecule has 2 unspecified atom stereocenters. The Balaban J connectivity index is 2.23. The Labute approximate surface area is 121 Å². The lowest BCUT2D eigenvalue weighted by Crippen LogP contribution is -2.32. The zero-order valence-corrected chi connectivity index (χ0v) is 12.9. The number of amides is 1. The molecule has 1 aromatic carbocycles. The van der Waals surface area contributed by atoms with Crippen LogP contribution in [0.3, 0.4) is 0 Å². The normalized spacial score (nSPS) is 19.6. The molecule has 0 saturated heterocycles. The Morgan fingerprint density at radius 2 is 1.95 bits per heavy atom. The Bertz CT molecular complexity index is 470. The topological polar surface area (TPSA) is 29.5 Å². The number of rotatable bonds is 6. The summed E-state index contributed by atoms with van der Waals surface area (Å²) in [4.78, 5) is 14.4. The summed E-state index contributed by atoms with van der Waals surface area (Å²) >= 11 is 0. The minimum Gasteiger partial charge on any atom is -0.351 e. The maximum Gasteiger partial charge on any atom is 0.256 e. The Morgan fingerprint density at radius 3 is 2.60 bits per heavy atom. The molecule has 1 aromatic rings. The molecule has 0 radical (unpaired) electrons. The van der Waals surface area contributed by atoms with Gasteiger partial charge in [0.2, 0.25) is 0 Å². The van der Waals surface area contributed by atoms with E-state index in [1.54, 1.807) is 0 Å². The summed E-state index contributed by atoms with van der Waals surface area (Å²) in [5.41, 5.74) is 1.81. The van der Waals surface area contributed by atoms with Crippen molar-refractivity contribution >= 4 is 5.91 Å². The first-order valence-corrected chi connectivity index (χ1v) is 7.60. The van der Waals surface area contributed by atoms with Crippen molar-refractivity contribution in [3.05, 3.63) is 35.4 Å². The summed E-state index contributed by atoms with van der Waals surface area (Å²) in [7, 11) is 0. The molecule has 0 fully saturated rings. The van der Waals surface area contributed by atoms with Crippen molar-refractivity contribution in [2.75, 3.05) is 6.54 Å². The zero-order valence-electron chi connectivity index (χ0n) is 12.9. The molecule has 2 rings (SSSR count). The van der Waals surface area contributed by atoms with E-state index in [1.807, 2.05) is 29.2 Å². The van der Waals surface area contributed by atoms with Crippen molar-refractivity contribution in [3.8, 4) is 0 Å². The summed E-state index contributed by atoms with van der Waals surface area (Å²) in [6.07, 6.45) is 1.89. The van der Waals surface area contributed by atoms with Gasteiger partial charge in [-0.3, -0.25) is 4.79 Å². The van der Waals surface area contributed by atoms with Crippen molar-refractivity contribution in [2.24, 2.45) is 5.92 Å². The molecule has 0 saturated carbocycles. The Hall–Kier alpha value is -1.35. The van der Waals surface area contributed by atoms with Crippen LogP contribution in [0.1, 0.15) is 62.7 Å². The molecule has 3 heteroatoms. The van der Waals surface area contributed by atoms with Gasteiger partial charge >= 0.3 is 0 Å². The van der Waals surface area contributed by atoms with Gasteiger partial charge in [-0.1, -0.05) is 39.0 Å². The summed E-state index contributed by atoms with van der Waals surface area (Å²) in [6, 6.07) is 7.81. The first-order chi connectivity index (χ1) is 9.54. The van der Waals surface area contributed by atoms with Gasteiger partial charge in [-0.15, -0.1) is 0 Å². The van der Waals surface area contributed by atoms with Crippen LogP contribution in [0.15, 0.2) is 24.3 Å². The first kappa shape index (κ1) is 15.0. The van der Waals surface area contributed by atoms with E-state index in [2.05, 4.69) is 27.7 Å². The minimum absolute atomic E-state index is 0.106. The molecule has 1 aliphatic heterocycles. The summed E-state index contributed by atoms with van der Waals surface area (Å²) in [5, 5.41) is 0. The van der Waals surface area contributed by atoms with Gasteiger partial charge in [0.1, 0.15) is 0 Å².